The van der Waals surface area contributed by atoms with Crippen molar-refractivity contribution in [3.8, 4) is 0 Å². The lowest BCUT2D eigenvalue weighted by atomic mass is 10.3. The lowest BCUT2D eigenvalue weighted by molar-refractivity contribution is -0.123. The monoisotopic (exact) mass is 238 g/mol. The van der Waals surface area contributed by atoms with Gasteiger partial charge in [-0.3, -0.25) is 9.59 Å². The van der Waals surface area contributed by atoms with Gasteiger partial charge in [0, 0.05) is 12.8 Å². The highest BCUT2D eigenvalue weighted by Crippen LogP contribution is 1.82. The molecule has 0 aliphatic heterocycles. The Labute approximate surface area is 95.7 Å². The Kier molecular flexibility index (Phi) is 7.52. The summed E-state index contributed by atoms with van der Waals surface area (Å²) in [6.45, 7) is 0. The number of benzene rings is 1. The van der Waals surface area contributed by atoms with Gasteiger partial charge in [0.2, 0.25) is 11.8 Å². The van der Waals surface area contributed by atoms with Crippen LogP contribution >= 0.6 is 0 Å². The average Bonchev–Trinajstić information content (AvgIpc) is 2.28. The highest BCUT2D eigenvalue weighted by Gasteiger charge is 1.96. The molecule has 1 aromatic carbocycles. The van der Waals surface area contributed by atoms with E-state index in [1.54, 1.807) is 0 Å². The van der Waals surface area contributed by atoms with E-state index in [4.69, 9.17) is 11.5 Å². The van der Waals surface area contributed by atoms with Gasteiger partial charge < -0.3 is 15.9 Å². The van der Waals surface area contributed by atoms with Gasteiger partial charge in [-0.05, 0) is 5.19 Å². The van der Waals surface area contributed by atoms with Crippen LogP contribution in [0.2, 0.25) is 0 Å². The van der Waals surface area contributed by atoms with Crippen molar-refractivity contribution >= 4 is 26.4 Å². The summed E-state index contributed by atoms with van der Waals surface area (Å²) in [7, 11) is -0.739. The minimum atomic E-state index is -0.739. The Morgan fingerprint density at radius 3 is 1.69 bits per heavy atom. The summed E-state index contributed by atoms with van der Waals surface area (Å²) in [5.41, 5.74) is 9.39. The molecule has 0 spiro atoms. The van der Waals surface area contributed by atoms with Crippen molar-refractivity contribution in [3.05, 3.63) is 30.3 Å². The van der Waals surface area contributed by atoms with Gasteiger partial charge in [0.25, 0.3) is 9.41 Å². The summed E-state index contributed by atoms with van der Waals surface area (Å²) < 4.78 is 10.2. The van der Waals surface area contributed by atoms with Gasteiger partial charge in [-0.2, -0.15) is 0 Å². The molecule has 2 amide bonds. The summed E-state index contributed by atoms with van der Waals surface area (Å²) in [5, 5.41) is 0.938. The van der Waals surface area contributed by atoms with E-state index in [0.717, 1.165) is 5.19 Å². The van der Waals surface area contributed by atoms with Crippen LogP contribution in [0, 0.1) is 0 Å². The van der Waals surface area contributed by atoms with Gasteiger partial charge in [-0.15, -0.1) is 0 Å². The minimum Gasteiger partial charge on any atom is -0.386 e. The van der Waals surface area contributed by atoms with Gasteiger partial charge in [0.1, 0.15) is 0 Å². The fourth-order valence-corrected chi connectivity index (χ4v) is 1.16. The van der Waals surface area contributed by atoms with E-state index in [1.807, 2.05) is 30.3 Å². The van der Waals surface area contributed by atoms with Gasteiger partial charge in [0.15, 0.2) is 0 Å². The normalized spacial score (nSPS) is 8.50. The third-order valence-electron chi connectivity index (χ3n) is 1.55. The first kappa shape index (κ1) is 14.2. The van der Waals surface area contributed by atoms with Crippen molar-refractivity contribution in [2.45, 2.75) is 12.8 Å². The number of hydrogen-bond donors (Lipinski definition) is 2. The van der Waals surface area contributed by atoms with Crippen LogP contribution in [0.5, 0.6) is 0 Å². The van der Waals surface area contributed by atoms with Crippen molar-refractivity contribution < 1.29 is 14.1 Å². The standard InChI is InChI=1S/C6H6OSi.C4H8N2O2/c7-8-6-4-2-1-3-5-6;5-3(7)1-2-4(6)8/h1-5,8H;1-2H2,(H2,5,7)(H2,6,8). The van der Waals surface area contributed by atoms with E-state index >= 15 is 0 Å². The van der Waals surface area contributed by atoms with Crippen molar-refractivity contribution in [3.63, 3.8) is 0 Å². The highest BCUT2D eigenvalue weighted by molar-refractivity contribution is 6.38. The summed E-state index contributed by atoms with van der Waals surface area (Å²) >= 11 is 0. The van der Waals surface area contributed by atoms with Crippen molar-refractivity contribution in [2.24, 2.45) is 11.5 Å². The number of carbonyl (C=O) groups is 2. The number of carbonyl (C=O) groups excluding carboxylic acids is 2. The maximum atomic E-state index is 10.2. The molecule has 1 rings (SSSR count). The first-order valence-corrected chi connectivity index (χ1v) is 5.68. The molecular formula is C10H14N2O3Si. The largest absolute Gasteiger partial charge is 0.386 e. The molecule has 4 N–H and O–H groups in total. The van der Waals surface area contributed by atoms with Crippen molar-refractivity contribution in [1.29, 1.82) is 0 Å². The molecule has 16 heavy (non-hydrogen) atoms. The Balaban J connectivity index is 0.000000281. The van der Waals surface area contributed by atoms with Crippen LogP contribution in [0.4, 0.5) is 0 Å². The lowest BCUT2D eigenvalue weighted by Crippen LogP contribution is -2.16. The van der Waals surface area contributed by atoms with Gasteiger partial charge in [-0.1, -0.05) is 30.3 Å². The highest BCUT2D eigenvalue weighted by atomic mass is 28.2. The predicted octanol–water partition coefficient (Wildman–Crippen LogP) is -1.17. The van der Waals surface area contributed by atoms with Crippen LogP contribution in [0.25, 0.3) is 0 Å². The maximum Gasteiger partial charge on any atom is 0.296 e. The molecule has 0 atom stereocenters. The molecule has 1 aromatic rings. The zero-order chi connectivity index (χ0) is 12.4. The lowest BCUT2D eigenvalue weighted by Gasteiger charge is -1.87. The molecule has 5 nitrogen and oxygen atoms in total. The molecule has 0 saturated carbocycles. The number of nitrogens with two attached hydrogens (primary N) is 2. The fourth-order valence-electron chi connectivity index (χ4n) is 0.778. The molecule has 86 valence electrons. The molecule has 0 saturated heterocycles. The zero-order valence-electron chi connectivity index (χ0n) is 8.76. The van der Waals surface area contributed by atoms with E-state index in [9.17, 15) is 14.1 Å². The second-order valence-corrected chi connectivity index (χ2v) is 3.86. The minimum absolute atomic E-state index is 0.0509. The van der Waals surface area contributed by atoms with Crippen LogP contribution in [0.15, 0.2) is 30.3 Å². The molecule has 0 fully saturated rings. The number of primary amides is 2. The second kappa shape index (κ2) is 8.48. The van der Waals surface area contributed by atoms with E-state index < -0.39 is 21.2 Å². The maximum absolute atomic E-state index is 10.2. The smallest absolute Gasteiger partial charge is 0.296 e. The van der Waals surface area contributed by atoms with E-state index in [2.05, 4.69) is 0 Å². The molecule has 0 aliphatic rings. The Morgan fingerprint density at radius 2 is 1.44 bits per heavy atom. The van der Waals surface area contributed by atoms with Crippen LogP contribution < -0.4 is 16.7 Å². The van der Waals surface area contributed by atoms with Crippen LogP contribution in [0.3, 0.4) is 0 Å². The second-order valence-electron chi connectivity index (χ2n) is 2.96. The molecule has 0 unspecified atom stereocenters. The molecule has 6 heteroatoms. The van der Waals surface area contributed by atoms with Gasteiger partial charge in [0.05, 0.1) is 0 Å². The van der Waals surface area contributed by atoms with E-state index in [-0.39, 0.29) is 12.8 Å². The molecule has 0 bridgehead atoms. The quantitative estimate of drug-likeness (QED) is 0.646. The van der Waals surface area contributed by atoms with Crippen LogP contribution in [-0.4, -0.2) is 21.2 Å². The Morgan fingerprint density at radius 1 is 1.00 bits per heavy atom. The van der Waals surface area contributed by atoms with Gasteiger partial charge in [-0.25, -0.2) is 0 Å². The molecular weight excluding hydrogens is 224 g/mol. The van der Waals surface area contributed by atoms with Crippen LogP contribution in [-0.2, 0) is 14.1 Å². The molecule has 0 radical (unpaired) electrons. The topological polar surface area (TPSA) is 103 Å². The Bertz CT molecular complexity index is 340. The fraction of sp³-hybridized carbons (Fsp3) is 0.200. The third kappa shape index (κ3) is 8.76. The molecule has 0 heterocycles. The van der Waals surface area contributed by atoms with Crippen LogP contribution in [0.1, 0.15) is 12.8 Å². The number of hydrogen-bond acceptors (Lipinski definition) is 3. The third-order valence-corrected chi connectivity index (χ3v) is 2.21. The first-order valence-electron chi connectivity index (χ1n) is 4.63. The average molecular weight is 238 g/mol. The van der Waals surface area contributed by atoms with Crippen molar-refractivity contribution in [1.82, 2.24) is 0 Å². The summed E-state index contributed by atoms with van der Waals surface area (Å²) in [4.78, 5) is 19.8. The van der Waals surface area contributed by atoms with E-state index in [0.29, 0.717) is 0 Å². The number of amides is 2. The SMILES string of the molecule is NC(=O)CCC(N)=O.O=[SiH]c1ccccc1. The molecule has 0 aliphatic carbocycles. The van der Waals surface area contributed by atoms with Gasteiger partial charge >= 0.3 is 0 Å². The summed E-state index contributed by atoms with van der Waals surface area (Å²) in [6, 6.07) is 9.42. The summed E-state index contributed by atoms with van der Waals surface area (Å²) in [6.07, 6.45) is 0.102. The Hall–Kier alpha value is -1.82. The zero-order valence-corrected chi connectivity index (χ0v) is 9.91. The van der Waals surface area contributed by atoms with Crippen molar-refractivity contribution in [2.75, 3.05) is 0 Å². The number of rotatable bonds is 4. The predicted molar refractivity (Wildman–Crippen MR) is 61.5 cm³/mol. The molecule has 0 aromatic heterocycles. The first-order chi connectivity index (χ1) is 7.56. The summed E-state index contributed by atoms with van der Waals surface area (Å²) in [5.74, 6) is -0.993. The van der Waals surface area contributed by atoms with E-state index in [1.165, 1.54) is 0 Å².